The maximum atomic E-state index is 13.1. The second kappa shape index (κ2) is 7.88. The number of anilines is 1. The summed E-state index contributed by atoms with van der Waals surface area (Å²) in [5, 5.41) is 2.80. The van der Waals surface area contributed by atoms with E-state index in [0.29, 0.717) is 5.69 Å². The van der Waals surface area contributed by atoms with Crippen LogP contribution in [-0.2, 0) is 10.0 Å². The lowest BCUT2D eigenvalue weighted by Gasteiger charge is -2.25. The molecular formula is C19H25N3O3S. The lowest BCUT2D eigenvalue weighted by atomic mass is 10.1. The van der Waals surface area contributed by atoms with E-state index in [2.05, 4.69) is 5.32 Å². The lowest BCUT2D eigenvalue weighted by molar-refractivity contribution is 0.0915. The van der Waals surface area contributed by atoms with Crippen molar-refractivity contribution in [3.63, 3.8) is 0 Å². The summed E-state index contributed by atoms with van der Waals surface area (Å²) in [5.41, 5.74) is 5.91. The molecule has 0 atom stereocenters. The van der Waals surface area contributed by atoms with Crippen molar-refractivity contribution < 1.29 is 13.2 Å². The van der Waals surface area contributed by atoms with Gasteiger partial charge >= 0.3 is 0 Å². The van der Waals surface area contributed by atoms with E-state index >= 15 is 0 Å². The summed E-state index contributed by atoms with van der Waals surface area (Å²) in [6.07, 6.45) is 0. The Morgan fingerprint density at radius 1 is 1.12 bits per heavy atom. The van der Waals surface area contributed by atoms with Gasteiger partial charge in [0.1, 0.15) is 0 Å². The van der Waals surface area contributed by atoms with Gasteiger partial charge in [-0.15, -0.1) is 0 Å². The zero-order valence-electron chi connectivity index (χ0n) is 15.3. The average molecular weight is 375 g/mol. The van der Waals surface area contributed by atoms with Crippen LogP contribution in [0.25, 0.3) is 0 Å². The van der Waals surface area contributed by atoms with Gasteiger partial charge < -0.3 is 11.1 Å². The molecule has 1 amide bonds. The van der Waals surface area contributed by atoms with E-state index in [0.717, 1.165) is 0 Å². The highest BCUT2D eigenvalue weighted by Crippen LogP contribution is 2.24. The average Bonchev–Trinajstić information content (AvgIpc) is 2.63. The van der Waals surface area contributed by atoms with E-state index in [9.17, 15) is 13.2 Å². The van der Waals surface area contributed by atoms with Crippen molar-refractivity contribution in [1.29, 1.82) is 0 Å². The maximum absolute atomic E-state index is 13.1. The van der Waals surface area contributed by atoms with Crippen LogP contribution in [0, 0.1) is 0 Å². The van der Waals surface area contributed by atoms with Gasteiger partial charge in [-0.3, -0.25) is 9.10 Å². The van der Waals surface area contributed by atoms with Crippen molar-refractivity contribution in [3.8, 4) is 0 Å². The Balaban J connectivity index is 2.38. The molecule has 26 heavy (non-hydrogen) atoms. The Labute approximate surface area is 155 Å². The SMILES string of the molecule is CCN(c1ccccc1)S(=O)(=O)c1cccc(C(=O)NC(C)(C)CN)c1. The number of para-hydroxylation sites is 1. The lowest BCUT2D eigenvalue weighted by Crippen LogP contribution is -2.48. The molecule has 0 saturated carbocycles. The van der Waals surface area contributed by atoms with Crippen LogP contribution >= 0.6 is 0 Å². The highest BCUT2D eigenvalue weighted by atomic mass is 32.2. The molecular weight excluding hydrogens is 350 g/mol. The van der Waals surface area contributed by atoms with Gasteiger partial charge in [0.15, 0.2) is 0 Å². The van der Waals surface area contributed by atoms with Gasteiger partial charge in [0.2, 0.25) is 0 Å². The Bertz CT molecular complexity index is 865. The largest absolute Gasteiger partial charge is 0.346 e. The summed E-state index contributed by atoms with van der Waals surface area (Å²) >= 11 is 0. The fourth-order valence-electron chi connectivity index (χ4n) is 2.44. The van der Waals surface area contributed by atoms with E-state index in [-0.39, 0.29) is 29.5 Å². The molecule has 0 spiro atoms. The first-order valence-corrected chi connectivity index (χ1v) is 9.86. The fourth-order valence-corrected chi connectivity index (χ4v) is 3.96. The molecule has 0 saturated heterocycles. The molecule has 0 fully saturated rings. The first-order valence-electron chi connectivity index (χ1n) is 8.41. The third kappa shape index (κ3) is 4.42. The smallest absolute Gasteiger partial charge is 0.264 e. The van der Waals surface area contributed by atoms with Crippen LogP contribution in [0.5, 0.6) is 0 Å². The normalized spacial score (nSPS) is 11.8. The van der Waals surface area contributed by atoms with Crippen LogP contribution in [0.3, 0.4) is 0 Å². The van der Waals surface area contributed by atoms with Gasteiger partial charge in [0.05, 0.1) is 10.6 Å². The predicted octanol–water partition coefficient (Wildman–Crippen LogP) is 2.37. The molecule has 0 aliphatic rings. The highest BCUT2D eigenvalue weighted by Gasteiger charge is 2.25. The molecule has 140 valence electrons. The summed E-state index contributed by atoms with van der Waals surface area (Å²) in [6.45, 7) is 5.93. The van der Waals surface area contributed by atoms with Gasteiger partial charge in [-0.2, -0.15) is 0 Å². The van der Waals surface area contributed by atoms with Crippen molar-refractivity contribution in [2.75, 3.05) is 17.4 Å². The van der Waals surface area contributed by atoms with E-state index in [1.165, 1.54) is 16.4 Å². The quantitative estimate of drug-likeness (QED) is 0.777. The van der Waals surface area contributed by atoms with Gasteiger partial charge in [0, 0.05) is 24.2 Å². The molecule has 3 N–H and O–H groups in total. The summed E-state index contributed by atoms with van der Waals surface area (Å²) in [7, 11) is -3.78. The van der Waals surface area contributed by atoms with Crippen molar-refractivity contribution in [2.45, 2.75) is 31.2 Å². The second-order valence-electron chi connectivity index (χ2n) is 6.58. The fraction of sp³-hybridized carbons (Fsp3) is 0.316. The molecule has 0 aliphatic heterocycles. The molecule has 0 heterocycles. The maximum Gasteiger partial charge on any atom is 0.264 e. The third-order valence-electron chi connectivity index (χ3n) is 3.98. The summed E-state index contributed by atoms with van der Waals surface area (Å²) in [4.78, 5) is 12.5. The van der Waals surface area contributed by atoms with Gasteiger partial charge in [-0.1, -0.05) is 24.3 Å². The van der Waals surface area contributed by atoms with Crippen molar-refractivity contribution in [3.05, 3.63) is 60.2 Å². The van der Waals surface area contributed by atoms with Gasteiger partial charge in [-0.25, -0.2) is 8.42 Å². The Hall–Kier alpha value is -2.38. The number of carbonyl (C=O) groups excluding carboxylic acids is 1. The molecule has 2 aromatic rings. The second-order valence-corrected chi connectivity index (χ2v) is 8.44. The van der Waals surface area contributed by atoms with E-state index < -0.39 is 15.6 Å². The number of carbonyl (C=O) groups is 1. The zero-order valence-corrected chi connectivity index (χ0v) is 16.1. The van der Waals surface area contributed by atoms with E-state index in [4.69, 9.17) is 5.73 Å². The number of nitrogens with one attached hydrogen (secondary N) is 1. The van der Waals surface area contributed by atoms with Crippen LogP contribution in [0.1, 0.15) is 31.1 Å². The molecule has 0 radical (unpaired) electrons. The minimum absolute atomic E-state index is 0.0707. The first kappa shape index (κ1) is 19.9. The standard InChI is InChI=1S/C19H25N3O3S/c1-4-22(16-10-6-5-7-11-16)26(24,25)17-12-8-9-15(13-17)18(23)21-19(2,3)14-20/h5-13H,4,14,20H2,1-3H3,(H,21,23). The van der Waals surface area contributed by atoms with Gasteiger partial charge in [0.25, 0.3) is 15.9 Å². The molecule has 0 aromatic heterocycles. The number of sulfonamides is 1. The summed E-state index contributed by atoms with van der Waals surface area (Å²) < 4.78 is 27.4. The van der Waals surface area contributed by atoms with Crippen LogP contribution in [0.2, 0.25) is 0 Å². The number of hydrogen-bond acceptors (Lipinski definition) is 4. The van der Waals surface area contributed by atoms with Crippen LogP contribution in [-0.4, -0.2) is 33.0 Å². The molecule has 7 heteroatoms. The van der Waals surface area contributed by atoms with E-state index in [1.54, 1.807) is 57.2 Å². The number of hydrogen-bond donors (Lipinski definition) is 2. The predicted molar refractivity (Wildman–Crippen MR) is 104 cm³/mol. The van der Waals surface area contributed by atoms with Crippen molar-refractivity contribution in [2.24, 2.45) is 5.73 Å². The highest BCUT2D eigenvalue weighted by molar-refractivity contribution is 7.92. The minimum Gasteiger partial charge on any atom is -0.346 e. The van der Waals surface area contributed by atoms with E-state index in [1.807, 2.05) is 6.07 Å². The molecule has 0 unspecified atom stereocenters. The van der Waals surface area contributed by atoms with Crippen molar-refractivity contribution >= 4 is 21.6 Å². The summed E-state index contributed by atoms with van der Waals surface area (Å²) in [6, 6.07) is 14.9. The van der Waals surface area contributed by atoms with Gasteiger partial charge in [-0.05, 0) is 51.1 Å². The van der Waals surface area contributed by atoms with Crippen LogP contribution in [0.15, 0.2) is 59.5 Å². The minimum atomic E-state index is -3.78. The topological polar surface area (TPSA) is 92.5 Å². The van der Waals surface area contributed by atoms with Crippen molar-refractivity contribution in [1.82, 2.24) is 5.32 Å². The molecule has 0 bridgehead atoms. The Kier molecular flexibility index (Phi) is 6.05. The number of nitrogens with two attached hydrogens (primary N) is 1. The number of amides is 1. The Morgan fingerprint density at radius 2 is 1.77 bits per heavy atom. The third-order valence-corrected chi connectivity index (χ3v) is 5.88. The zero-order chi connectivity index (χ0) is 19.4. The summed E-state index contributed by atoms with van der Waals surface area (Å²) in [5.74, 6) is -0.361. The number of nitrogens with zero attached hydrogens (tertiary/aromatic N) is 1. The monoisotopic (exact) mass is 375 g/mol. The molecule has 0 aliphatic carbocycles. The van der Waals surface area contributed by atoms with Crippen LogP contribution < -0.4 is 15.4 Å². The number of benzene rings is 2. The Morgan fingerprint density at radius 3 is 2.35 bits per heavy atom. The molecule has 6 nitrogen and oxygen atoms in total. The first-order chi connectivity index (χ1) is 12.2. The van der Waals surface area contributed by atoms with Crippen LogP contribution in [0.4, 0.5) is 5.69 Å². The number of rotatable bonds is 7. The molecule has 2 aromatic carbocycles. The molecule has 2 rings (SSSR count).